The maximum absolute atomic E-state index is 14.2. The first-order valence-corrected chi connectivity index (χ1v) is 13.3. The van der Waals surface area contributed by atoms with Crippen molar-refractivity contribution < 1.29 is 53.4 Å². The van der Waals surface area contributed by atoms with Crippen molar-refractivity contribution in [3.05, 3.63) is 87.2 Å². The molecule has 5 rings (SSSR count). The Hall–Kier alpha value is -2.49. The number of nitrogens with one attached hydrogen (secondary N) is 1. The molecular formula is C28H23FNNaO4S2. The Morgan fingerprint density at radius 1 is 1.03 bits per heavy atom. The number of carboxylic acids is 1. The number of aliphatic carboxylic acids is 1. The minimum atomic E-state index is -1.02. The average molecular weight is 544 g/mol. The zero-order valence-corrected chi connectivity index (χ0v) is 24.3. The third-order valence-corrected chi connectivity index (χ3v) is 8.47. The summed E-state index contributed by atoms with van der Waals surface area (Å²) in [7, 11) is 0. The number of ether oxygens (including phenoxy) is 1. The Balaban J connectivity index is 0.00000320. The zero-order valence-electron chi connectivity index (χ0n) is 20.7. The molecule has 1 N–H and O–H groups in total. The van der Waals surface area contributed by atoms with E-state index in [0.717, 1.165) is 44.7 Å². The predicted molar refractivity (Wildman–Crippen MR) is 139 cm³/mol. The zero-order chi connectivity index (χ0) is 25.4. The third kappa shape index (κ3) is 5.68. The van der Waals surface area contributed by atoms with Crippen LogP contribution in [0.5, 0.6) is 0 Å². The molecule has 0 spiro atoms. The summed E-state index contributed by atoms with van der Waals surface area (Å²) in [6, 6.07) is 16.3. The maximum Gasteiger partial charge on any atom is 1.00 e. The molecule has 1 fully saturated rings. The molecule has 1 atom stereocenters. The van der Waals surface area contributed by atoms with E-state index < -0.39 is 28.7 Å². The van der Waals surface area contributed by atoms with Gasteiger partial charge in [-0.25, -0.2) is 4.79 Å². The van der Waals surface area contributed by atoms with Gasteiger partial charge in [-0.05, 0) is 65.3 Å². The SMILES string of the molecule is Cc1cscc1[C@@H](C)OC(=O)Nc1cc(F)sc1-c1ccc(-c2ccc(C3(C(=O)[O-])CC3)cc2)cc1.[Na+]. The van der Waals surface area contributed by atoms with Gasteiger partial charge in [0.2, 0.25) is 0 Å². The first-order valence-electron chi connectivity index (χ1n) is 11.5. The second-order valence-corrected chi connectivity index (χ2v) is 10.7. The Morgan fingerprint density at radius 2 is 1.62 bits per heavy atom. The number of rotatable bonds is 7. The first kappa shape index (κ1) is 27.5. The average Bonchev–Trinajstić information content (AvgIpc) is 3.45. The topological polar surface area (TPSA) is 78.5 Å². The van der Waals surface area contributed by atoms with Gasteiger partial charge in [0, 0.05) is 17.0 Å². The molecule has 184 valence electrons. The number of halogens is 1. The molecule has 0 bridgehead atoms. The van der Waals surface area contributed by atoms with Crippen molar-refractivity contribution >= 4 is 40.4 Å². The quantitative estimate of drug-likeness (QED) is 0.361. The number of benzene rings is 2. The van der Waals surface area contributed by atoms with Gasteiger partial charge < -0.3 is 14.6 Å². The Morgan fingerprint density at radius 3 is 2.16 bits per heavy atom. The van der Waals surface area contributed by atoms with Crippen molar-refractivity contribution in [1.29, 1.82) is 0 Å². The molecule has 1 saturated carbocycles. The van der Waals surface area contributed by atoms with Gasteiger partial charge in [0.1, 0.15) is 6.10 Å². The van der Waals surface area contributed by atoms with Crippen molar-refractivity contribution in [2.24, 2.45) is 0 Å². The molecule has 2 aromatic carbocycles. The number of carboxylic acid groups (broad SMARTS) is 1. The smallest absolute Gasteiger partial charge is 0.549 e. The number of amides is 1. The van der Waals surface area contributed by atoms with Crippen LogP contribution in [0.25, 0.3) is 21.6 Å². The largest absolute Gasteiger partial charge is 1.00 e. The van der Waals surface area contributed by atoms with Crippen molar-refractivity contribution in [2.75, 3.05) is 5.32 Å². The predicted octanol–water partition coefficient (Wildman–Crippen LogP) is 3.69. The van der Waals surface area contributed by atoms with Crippen LogP contribution in [0, 0.1) is 12.1 Å². The summed E-state index contributed by atoms with van der Waals surface area (Å²) in [4.78, 5) is 24.6. The number of hydrogen-bond acceptors (Lipinski definition) is 6. The van der Waals surface area contributed by atoms with E-state index in [1.807, 2.05) is 66.2 Å². The minimum Gasteiger partial charge on any atom is -0.549 e. The fourth-order valence-electron chi connectivity index (χ4n) is 4.35. The van der Waals surface area contributed by atoms with Gasteiger partial charge in [0.25, 0.3) is 0 Å². The molecule has 1 aliphatic rings. The van der Waals surface area contributed by atoms with Crippen LogP contribution >= 0.6 is 22.7 Å². The van der Waals surface area contributed by atoms with E-state index in [2.05, 4.69) is 5.32 Å². The molecule has 1 amide bonds. The van der Waals surface area contributed by atoms with E-state index in [0.29, 0.717) is 23.4 Å². The van der Waals surface area contributed by atoms with Crippen LogP contribution in [-0.4, -0.2) is 12.1 Å². The Kier molecular flexibility index (Phi) is 8.26. The van der Waals surface area contributed by atoms with Gasteiger partial charge >= 0.3 is 35.7 Å². The molecule has 37 heavy (non-hydrogen) atoms. The number of hydrogen-bond donors (Lipinski definition) is 1. The molecule has 5 nitrogen and oxygen atoms in total. The van der Waals surface area contributed by atoms with Crippen molar-refractivity contribution in [1.82, 2.24) is 0 Å². The molecule has 2 aromatic heterocycles. The van der Waals surface area contributed by atoms with E-state index in [-0.39, 0.29) is 29.6 Å². The van der Waals surface area contributed by atoms with E-state index in [1.54, 1.807) is 18.3 Å². The molecule has 0 radical (unpaired) electrons. The number of aryl methyl sites for hydroxylation is 1. The van der Waals surface area contributed by atoms with Crippen molar-refractivity contribution in [3.8, 4) is 21.6 Å². The van der Waals surface area contributed by atoms with Crippen LogP contribution in [0.15, 0.2) is 65.4 Å². The number of carbonyl (C=O) groups is 2. The van der Waals surface area contributed by atoms with E-state index in [1.165, 1.54) is 6.07 Å². The maximum atomic E-state index is 14.2. The summed E-state index contributed by atoms with van der Waals surface area (Å²) >= 11 is 2.50. The molecule has 4 aromatic rings. The molecule has 1 aliphatic carbocycles. The van der Waals surface area contributed by atoms with Crippen LogP contribution < -0.4 is 40.0 Å². The van der Waals surface area contributed by atoms with E-state index in [9.17, 15) is 19.1 Å². The fraction of sp³-hybridized carbons (Fsp3) is 0.214. The molecule has 2 heterocycles. The summed E-state index contributed by atoms with van der Waals surface area (Å²) in [5, 5.41) is 17.7. The molecule has 0 aliphatic heterocycles. The minimum absolute atomic E-state index is 0. The van der Waals surface area contributed by atoms with Crippen molar-refractivity contribution in [2.45, 2.75) is 38.2 Å². The van der Waals surface area contributed by atoms with Crippen LogP contribution in [0.3, 0.4) is 0 Å². The summed E-state index contributed by atoms with van der Waals surface area (Å²) < 4.78 is 19.7. The van der Waals surface area contributed by atoms with Crippen LogP contribution in [0.4, 0.5) is 14.9 Å². The summed E-state index contributed by atoms with van der Waals surface area (Å²) in [6.45, 7) is 3.77. The Labute approximate surface area is 244 Å². The Bertz CT molecular complexity index is 1430. The number of thiophene rings is 2. The van der Waals surface area contributed by atoms with Gasteiger partial charge in [-0.1, -0.05) is 48.5 Å². The second-order valence-electron chi connectivity index (χ2n) is 9.00. The van der Waals surface area contributed by atoms with Crippen LogP contribution in [0.2, 0.25) is 0 Å². The summed E-state index contributed by atoms with van der Waals surface area (Å²) in [5.41, 5.74) is 4.93. The number of anilines is 1. The van der Waals surface area contributed by atoms with Gasteiger partial charge in [0.15, 0.2) is 5.13 Å². The van der Waals surface area contributed by atoms with Gasteiger partial charge in [0.05, 0.1) is 16.5 Å². The molecule has 0 saturated heterocycles. The van der Waals surface area contributed by atoms with Crippen LogP contribution in [-0.2, 0) is 14.9 Å². The second kappa shape index (κ2) is 11.1. The third-order valence-electron chi connectivity index (χ3n) is 6.61. The molecule has 0 unspecified atom stereocenters. The fourth-order valence-corrected chi connectivity index (χ4v) is 6.13. The van der Waals surface area contributed by atoms with Crippen molar-refractivity contribution in [3.63, 3.8) is 0 Å². The van der Waals surface area contributed by atoms with Crippen LogP contribution in [0.1, 0.15) is 42.6 Å². The monoisotopic (exact) mass is 543 g/mol. The van der Waals surface area contributed by atoms with Gasteiger partial charge in [-0.15, -0.1) is 11.3 Å². The van der Waals surface area contributed by atoms with E-state index >= 15 is 0 Å². The molecular weight excluding hydrogens is 520 g/mol. The normalized spacial score (nSPS) is 14.4. The van der Waals surface area contributed by atoms with Gasteiger partial charge in [-0.3, -0.25) is 5.32 Å². The van der Waals surface area contributed by atoms with E-state index in [4.69, 9.17) is 4.74 Å². The first-order chi connectivity index (χ1) is 17.3. The summed E-state index contributed by atoms with van der Waals surface area (Å²) in [5.74, 6) is -1.02. The van der Waals surface area contributed by atoms with Gasteiger partial charge in [-0.2, -0.15) is 15.7 Å². The molecule has 9 heteroatoms. The summed E-state index contributed by atoms with van der Waals surface area (Å²) in [6.07, 6.45) is 0.151. The number of carbonyl (C=O) groups excluding carboxylic acids is 2. The standard InChI is InChI=1S/C28H24FNO4S2.Na/c1-16-14-35-15-22(16)17(2)34-27(33)30-23-13-24(29)36-25(23)20-5-3-18(4-6-20)19-7-9-21(10-8-19)28(11-12-28)26(31)32;/h3-10,13-15,17H,11-12H2,1-2H3,(H,30,33)(H,31,32);/q;+1/p-1/t17-;/m1./s1.